The van der Waals surface area contributed by atoms with Crippen molar-refractivity contribution in [2.75, 3.05) is 13.2 Å². The van der Waals surface area contributed by atoms with Crippen molar-refractivity contribution in [1.82, 2.24) is 4.90 Å². The number of amides is 1. The summed E-state index contributed by atoms with van der Waals surface area (Å²) in [5.41, 5.74) is 0.152. The molecule has 1 saturated carbocycles. The van der Waals surface area contributed by atoms with E-state index >= 15 is 0 Å². The van der Waals surface area contributed by atoms with E-state index in [1.807, 2.05) is 13.8 Å². The SMILES string of the molecule is CC(C)N(CCO)C(=O)C1C(C)(C)C1(C)C. The lowest BCUT2D eigenvalue weighted by atomic mass is 10.0. The average Bonchev–Trinajstić information content (AvgIpc) is 2.52. The van der Waals surface area contributed by atoms with Crippen LogP contribution in [-0.4, -0.2) is 35.1 Å². The summed E-state index contributed by atoms with van der Waals surface area (Å²) in [5, 5.41) is 9.00. The summed E-state index contributed by atoms with van der Waals surface area (Å²) in [6.45, 7) is 13.1. The highest BCUT2D eigenvalue weighted by Gasteiger charge is 2.68. The van der Waals surface area contributed by atoms with Gasteiger partial charge in [0.2, 0.25) is 5.91 Å². The van der Waals surface area contributed by atoms with Crippen molar-refractivity contribution in [2.24, 2.45) is 16.7 Å². The Bertz CT molecular complexity index is 268. The molecule has 1 aliphatic rings. The van der Waals surface area contributed by atoms with Gasteiger partial charge in [0.05, 0.1) is 6.61 Å². The molecule has 0 spiro atoms. The Balaban J connectivity index is 2.79. The second-order valence-electron chi connectivity index (χ2n) is 6.23. The average molecular weight is 227 g/mol. The Morgan fingerprint density at radius 3 is 1.94 bits per heavy atom. The number of nitrogens with zero attached hydrogens (tertiary/aromatic N) is 1. The summed E-state index contributed by atoms with van der Waals surface area (Å²) in [7, 11) is 0. The zero-order chi connectivity index (χ0) is 12.7. The molecular formula is C13H25NO2. The van der Waals surface area contributed by atoms with Crippen LogP contribution in [0.25, 0.3) is 0 Å². The van der Waals surface area contributed by atoms with E-state index in [0.717, 1.165) is 0 Å². The second-order valence-corrected chi connectivity index (χ2v) is 6.23. The Hall–Kier alpha value is -0.570. The predicted octanol–water partition coefficient (Wildman–Crippen LogP) is 1.90. The van der Waals surface area contributed by atoms with Gasteiger partial charge in [-0.15, -0.1) is 0 Å². The molecule has 3 heteroatoms. The first-order chi connectivity index (χ1) is 7.17. The molecule has 1 aliphatic carbocycles. The molecule has 1 rings (SSSR count). The van der Waals surface area contributed by atoms with E-state index in [2.05, 4.69) is 27.7 Å². The van der Waals surface area contributed by atoms with Crippen molar-refractivity contribution in [3.8, 4) is 0 Å². The Morgan fingerprint density at radius 2 is 1.69 bits per heavy atom. The lowest BCUT2D eigenvalue weighted by Crippen LogP contribution is -2.41. The van der Waals surface area contributed by atoms with Crippen LogP contribution in [0, 0.1) is 16.7 Å². The van der Waals surface area contributed by atoms with Crippen molar-refractivity contribution < 1.29 is 9.90 Å². The number of carbonyl (C=O) groups excluding carboxylic acids is 1. The molecule has 1 amide bonds. The number of aliphatic hydroxyl groups is 1. The van der Waals surface area contributed by atoms with Crippen LogP contribution in [0.15, 0.2) is 0 Å². The predicted molar refractivity (Wildman–Crippen MR) is 65.0 cm³/mol. The van der Waals surface area contributed by atoms with E-state index in [0.29, 0.717) is 6.54 Å². The fourth-order valence-electron chi connectivity index (χ4n) is 2.71. The van der Waals surface area contributed by atoms with E-state index in [1.54, 1.807) is 4.90 Å². The summed E-state index contributed by atoms with van der Waals surface area (Å²) < 4.78 is 0. The summed E-state index contributed by atoms with van der Waals surface area (Å²) in [4.78, 5) is 14.2. The minimum absolute atomic E-state index is 0.0392. The second kappa shape index (κ2) is 4.02. The third-order valence-electron chi connectivity index (χ3n) is 4.52. The molecule has 0 atom stereocenters. The van der Waals surface area contributed by atoms with Crippen molar-refractivity contribution in [2.45, 2.75) is 47.6 Å². The third-order valence-corrected chi connectivity index (χ3v) is 4.52. The maximum absolute atomic E-state index is 12.4. The van der Waals surface area contributed by atoms with Crippen LogP contribution in [0.5, 0.6) is 0 Å². The molecule has 0 bridgehead atoms. The van der Waals surface area contributed by atoms with Crippen LogP contribution < -0.4 is 0 Å². The molecule has 0 radical (unpaired) electrons. The molecule has 0 aliphatic heterocycles. The smallest absolute Gasteiger partial charge is 0.227 e. The molecule has 16 heavy (non-hydrogen) atoms. The van der Waals surface area contributed by atoms with Gasteiger partial charge in [-0.1, -0.05) is 27.7 Å². The van der Waals surface area contributed by atoms with Gasteiger partial charge in [0.1, 0.15) is 0 Å². The molecule has 0 saturated heterocycles. The highest BCUT2D eigenvalue weighted by Crippen LogP contribution is 2.68. The number of hydrogen-bond acceptors (Lipinski definition) is 2. The van der Waals surface area contributed by atoms with Crippen LogP contribution in [0.1, 0.15) is 41.5 Å². The number of aliphatic hydroxyl groups excluding tert-OH is 1. The summed E-state index contributed by atoms with van der Waals surface area (Å²) in [5.74, 6) is 0.285. The topological polar surface area (TPSA) is 40.5 Å². The minimum Gasteiger partial charge on any atom is -0.395 e. The lowest BCUT2D eigenvalue weighted by molar-refractivity contribution is -0.136. The zero-order valence-electron chi connectivity index (χ0n) is 11.4. The molecule has 1 N–H and O–H groups in total. The Kier molecular flexibility index (Phi) is 3.39. The molecule has 0 aromatic rings. The first-order valence-corrected chi connectivity index (χ1v) is 6.09. The summed E-state index contributed by atoms with van der Waals surface area (Å²) in [6, 6.07) is 0.159. The molecule has 3 nitrogen and oxygen atoms in total. The van der Waals surface area contributed by atoms with Gasteiger partial charge in [-0.05, 0) is 24.7 Å². The van der Waals surface area contributed by atoms with Crippen molar-refractivity contribution >= 4 is 5.91 Å². The molecule has 94 valence electrons. The first-order valence-electron chi connectivity index (χ1n) is 6.09. The van der Waals surface area contributed by atoms with E-state index in [1.165, 1.54) is 0 Å². The van der Waals surface area contributed by atoms with Gasteiger partial charge in [0.25, 0.3) is 0 Å². The Labute approximate surface area is 98.8 Å². The van der Waals surface area contributed by atoms with E-state index in [9.17, 15) is 4.79 Å². The van der Waals surface area contributed by atoms with Gasteiger partial charge in [-0.25, -0.2) is 0 Å². The quantitative estimate of drug-likeness (QED) is 0.797. The van der Waals surface area contributed by atoms with Crippen LogP contribution in [0.4, 0.5) is 0 Å². The number of rotatable bonds is 4. The van der Waals surface area contributed by atoms with Crippen LogP contribution in [0.2, 0.25) is 0 Å². The van der Waals surface area contributed by atoms with Crippen LogP contribution >= 0.6 is 0 Å². The van der Waals surface area contributed by atoms with Crippen LogP contribution in [0.3, 0.4) is 0 Å². The highest BCUT2D eigenvalue weighted by atomic mass is 16.3. The zero-order valence-corrected chi connectivity index (χ0v) is 11.4. The van der Waals surface area contributed by atoms with Gasteiger partial charge < -0.3 is 10.0 Å². The summed E-state index contributed by atoms with van der Waals surface area (Å²) in [6.07, 6.45) is 0. The molecule has 1 fully saturated rings. The van der Waals surface area contributed by atoms with Crippen molar-refractivity contribution in [3.63, 3.8) is 0 Å². The molecule has 0 aromatic heterocycles. The lowest BCUT2D eigenvalue weighted by Gasteiger charge is -2.27. The maximum atomic E-state index is 12.4. The molecular weight excluding hydrogens is 202 g/mol. The van der Waals surface area contributed by atoms with E-state index < -0.39 is 0 Å². The Morgan fingerprint density at radius 1 is 1.25 bits per heavy atom. The molecule has 0 aromatic carbocycles. The van der Waals surface area contributed by atoms with Gasteiger partial charge in [-0.3, -0.25) is 4.79 Å². The standard InChI is InChI=1S/C13H25NO2/c1-9(2)14(7-8-15)11(16)10-12(3,4)13(10,5)6/h9-10,15H,7-8H2,1-6H3. The third kappa shape index (κ3) is 1.86. The van der Waals surface area contributed by atoms with Gasteiger partial charge in [0, 0.05) is 18.5 Å². The van der Waals surface area contributed by atoms with Crippen LogP contribution in [-0.2, 0) is 4.79 Å². The summed E-state index contributed by atoms with van der Waals surface area (Å²) >= 11 is 0. The number of carbonyl (C=O) groups is 1. The van der Waals surface area contributed by atoms with Gasteiger partial charge >= 0.3 is 0 Å². The largest absolute Gasteiger partial charge is 0.395 e. The van der Waals surface area contributed by atoms with Crippen molar-refractivity contribution in [3.05, 3.63) is 0 Å². The fourth-order valence-corrected chi connectivity index (χ4v) is 2.71. The normalized spacial score (nSPS) is 22.2. The van der Waals surface area contributed by atoms with Gasteiger partial charge in [-0.2, -0.15) is 0 Å². The van der Waals surface area contributed by atoms with E-state index in [-0.39, 0.29) is 35.3 Å². The molecule has 0 unspecified atom stereocenters. The fraction of sp³-hybridized carbons (Fsp3) is 0.923. The van der Waals surface area contributed by atoms with E-state index in [4.69, 9.17) is 5.11 Å². The van der Waals surface area contributed by atoms with Gasteiger partial charge in [0.15, 0.2) is 0 Å². The highest BCUT2D eigenvalue weighted by molar-refractivity contribution is 5.84. The maximum Gasteiger partial charge on any atom is 0.227 e. The monoisotopic (exact) mass is 227 g/mol. The molecule has 0 heterocycles. The first kappa shape index (κ1) is 13.5. The number of hydrogen-bond donors (Lipinski definition) is 1. The minimum atomic E-state index is 0.0392. The van der Waals surface area contributed by atoms with Crippen molar-refractivity contribution in [1.29, 1.82) is 0 Å².